The molecule has 4 rings (SSSR count). The molecule has 1 atom stereocenters. The van der Waals surface area contributed by atoms with Crippen LogP contribution in [0.5, 0.6) is 5.75 Å². The number of carbonyl (C=O) groups is 1. The molecule has 0 bridgehead atoms. The maximum Gasteiger partial charge on any atom is 0.264 e. The number of thioether (sulfide) groups is 1. The van der Waals surface area contributed by atoms with Gasteiger partial charge in [0, 0.05) is 17.1 Å². The lowest BCUT2D eigenvalue weighted by Gasteiger charge is -2.35. The van der Waals surface area contributed by atoms with Gasteiger partial charge in [-0.05, 0) is 49.2 Å². The van der Waals surface area contributed by atoms with Gasteiger partial charge >= 0.3 is 0 Å². The van der Waals surface area contributed by atoms with Crippen LogP contribution in [0.3, 0.4) is 0 Å². The summed E-state index contributed by atoms with van der Waals surface area (Å²) >= 11 is 1.55. The number of benzene rings is 2. The minimum Gasteiger partial charge on any atom is -0.486 e. The maximum absolute atomic E-state index is 13.5. The molecule has 2 aromatic rings. The number of rotatable bonds is 3. The van der Waals surface area contributed by atoms with Crippen LogP contribution in [0.15, 0.2) is 46.2 Å². The summed E-state index contributed by atoms with van der Waals surface area (Å²) in [5.74, 6) is 1.16. The van der Waals surface area contributed by atoms with Gasteiger partial charge in [0.25, 0.3) is 10.0 Å². The number of hydrogen-bond acceptors (Lipinski definition) is 5. The van der Waals surface area contributed by atoms with Gasteiger partial charge in [0.15, 0.2) is 0 Å². The van der Waals surface area contributed by atoms with Crippen molar-refractivity contribution >= 4 is 39.1 Å². The smallest absolute Gasteiger partial charge is 0.264 e. The molecule has 0 saturated carbocycles. The van der Waals surface area contributed by atoms with Crippen molar-refractivity contribution in [2.24, 2.45) is 0 Å². The van der Waals surface area contributed by atoms with E-state index in [4.69, 9.17) is 4.74 Å². The van der Waals surface area contributed by atoms with Crippen molar-refractivity contribution in [2.45, 2.75) is 42.6 Å². The SMILES string of the molecule is CC[C@@H]1CN(S(=O)(=O)c2ccc3c(c2)NC(=O)CCS3)c2cc(C)ccc2O1. The molecule has 8 heteroatoms. The average molecular weight is 419 g/mol. The number of hydrogen-bond donors (Lipinski definition) is 1. The van der Waals surface area contributed by atoms with Crippen molar-refractivity contribution < 1.29 is 17.9 Å². The van der Waals surface area contributed by atoms with Gasteiger partial charge in [0.1, 0.15) is 11.9 Å². The molecule has 6 nitrogen and oxygen atoms in total. The van der Waals surface area contributed by atoms with Crippen LogP contribution >= 0.6 is 11.8 Å². The zero-order valence-electron chi connectivity index (χ0n) is 15.8. The van der Waals surface area contributed by atoms with E-state index < -0.39 is 10.0 Å². The number of nitrogens with zero attached hydrogens (tertiary/aromatic N) is 1. The summed E-state index contributed by atoms with van der Waals surface area (Å²) in [5.41, 5.74) is 2.07. The summed E-state index contributed by atoms with van der Waals surface area (Å²) in [7, 11) is -3.81. The van der Waals surface area contributed by atoms with Crippen LogP contribution < -0.4 is 14.4 Å². The van der Waals surface area contributed by atoms with E-state index in [1.807, 2.05) is 32.0 Å². The molecule has 2 aliphatic rings. The van der Waals surface area contributed by atoms with E-state index >= 15 is 0 Å². The zero-order chi connectivity index (χ0) is 19.9. The van der Waals surface area contributed by atoms with E-state index in [2.05, 4.69) is 5.32 Å². The highest BCUT2D eigenvalue weighted by atomic mass is 32.2. The summed E-state index contributed by atoms with van der Waals surface area (Å²) in [5, 5.41) is 2.82. The number of fused-ring (bicyclic) bond motifs is 2. The number of nitrogens with one attached hydrogen (secondary N) is 1. The Morgan fingerprint density at radius 2 is 2.07 bits per heavy atom. The Kier molecular flexibility index (Phi) is 5.01. The Morgan fingerprint density at radius 1 is 1.25 bits per heavy atom. The third kappa shape index (κ3) is 3.46. The van der Waals surface area contributed by atoms with E-state index in [0.717, 1.165) is 10.5 Å². The van der Waals surface area contributed by atoms with E-state index in [-0.39, 0.29) is 23.5 Å². The van der Waals surface area contributed by atoms with Gasteiger partial charge in [-0.25, -0.2) is 8.42 Å². The van der Waals surface area contributed by atoms with Crippen molar-refractivity contribution in [3.05, 3.63) is 42.0 Å². The van der Waals surface area contributed by atoms with Gasteiger partial charge < -0.3 is 10.1 Å². The maximum atomic E-state index is 13.5. The molecule has 0 radical (unpaired) electrons. The number of ether oxygens (including phenoxy) is 1. The van der Waals surface area contributed by atoms with Crippen LogP contribution in [-0.4, -0.2) is 32.7 Å². The number of carbonyl (C=O) groups excluding carboxylic acids is 1. The van der Waals surface area contributed by atoms with Gasteiger partial charge in [-0.3, -0.25) is 9.10 Å². The molecule has 0 aromatic heterocycles. The van der Waals surface area contributed by atoms with Crippen LogP contribution in [0, 0.1) is 6.92 Å². The second-order valence-corrected chi connectivity index (χ2v) is 9.96. The first-order chi connectivity index (χ1) is 13.4. The lowest BCUT2D eigenvalue weighted by atomic mass is 10.1. The number of amides is 1. The molecule has 148 valence electrons. The second-order valence-electron chi connectivity index (χ2n) is 6.96. The summed E-state index contributed by atoms with van der Waals surface area (Å²) in [6, 6.07) is 10.5. The molecule has 1 amide bonds. The molecule has 1 N–H and O–H groups in total. The van der Waals surface area contributed by atoms with Crippen LogP contribution in [-0.2, 0) is 14.8 Å². The summed E-state index contributed by atoms with van der Waals surface area (Å²) in [6.45, 7) is 4.16. The molecule has 2 heterocycles. The lowest BCUT2D eigenvalue weighted by Crippen LogP contribution is -2.43. The van der Waals surface area contributed by atoms with E-state index in [9.17, 15) is 13.2 Å². The topological polar surface area (TPSA) is 75.7 Å². The Hall–Kier alpha value is -2.19. The summed E-state index contributed by atoms with van der Waals surface area (Å²) < 4.78 is 34.4. The van der Waals surface area contributed by atoms with E-state index in [0.29, 0.717) is 35.7 Å². The number of sulfonamides is 1. The first-order valence-electron chi connectivity index (χ1n) is 9.25. The van der Waals surface area contributed by atoms with Crippen molar-refractivity contribution in [3.8, 4) is 5.75 Å². The van der Waals surface area contributed by atoms with Gasteiger partial charge in [-0.1, -0.05) is 13.0 Å². The summed E-state index contributed by atoms with van der Waals surface area (Å²) in [4.78, 5) is 12.9. The molecule has 0 unspecified atom stereocenters. The minimum atomic E-state index is -3.81. The first kappa shape index (κ1) is 19.1. The highest BCUT2D eigenvalue weighted by Gasteiger charge is 2.34. The molecule has 0 fully saturated rings. The molecule has 2 aliphatic heterocycles. The summed E-state index contributed by atoms with van der Waals surface area (Å²) in [6.07, 6.45) is 0.910. The number of aryl methyl sites for hydroxylation is 1. The fourth-order valence-electron chi connectivity index (χ4n) is 3.35. The number of anilines is 2. The highest BCUT2D eigenvalue weighted by Crippen LogP contribution is 2.39. The van der Waals surface area contributed by atoms with Crippen LogP contribution in [0.25, 0.3) is 0 Å². The van der Waals surface area contributed by atoms with Crippen molar-refractivity contribution in [1.29, 1.82) is 0 Å². The largest absolute Gasteiger partial charge is 0.486 e. The lowest BCUT2D eigenvalue weighted by molar-refractivity contribution is -0.115. The second kappa shape index (κ2) is 7.33. The van der Waals surface area contributed by atoms with Gasteiger partial charge in [-0.2, -0.15) is 0 Å². The van der Waals surface area contributed by atoms with Crippen LogP contribution in [0.2, 0.25) is 0 Å². The molecule has 0 spiro atoms. The van der Waals surface area contributed by atoms with Gasteiger partial charge in [0.2, 0.25) is 5.91 Å². The van der Waals surface area contributed by atoms with Crippen LogP contribution in [0.4, 0.5) is 11.4 Å². The fraction of sp³-hybridized carbons (Fsp3) is 0.350. The highest BCUT2D eigenvalue weighted by molar-refractivity contribution is 7.99. The van der Waals surface area contributed by atoms with Gasteiger partial charge in [0.05, 0.1) is 22.8 Å². The first-order valence-corrected chi connectivity index (χ1v) is 11.7. The van der Waals surface area contributed by atoms with Crippen molar-refractivity contribution in [2.75, 3.05) is 21.9 Å². The Morgan fingerprint density at radius 3 is 2.86 bits per heavy atom. The Bertz CT molecular complexity index is 1040. The monoisotopic (exact) mass is 418 g/mol. The molecule has 2 aromatic carbocycles. The van der Waals surface area contributed by atoms with E-state index in [1.54, 1.807) is 30.0 Å². The quantitative estimate of drug-likeness (QED) is 0.821. The van der Waals surface area contributed by atoms with Gasteiger partial charge in [-0.15, -0.1) is 11.8 Å². The average Bonchev–Trinajstić information content (AvgIpc) is 2.86. The minimum absolute atomic E-state index is 0.0980. The third-order valence-electron chi connectivity index (χ3n) is 4.90. The Balaban J connectivity index is 1.78. The zero-order valence-corrected chi connectivity index (χ0v) is 17.4. The molecule has 28 heavy (non-hydrogen) atoms. The fourth-order valence-corrected chi connectivity index (χ4v) is 5.81. The molecule has 0 saturated heterocycles. The molecular formula is C20H22N2O4S2. The standard InChI is InChI=1S/C20H22N2O4S2/c1-3-14-12-22(17-10-13(2)4-6-18(17)26-14)28(24,25)15-5-7-19-16(11-15)21-20(23)8-9-27-19/h4-7,10-11,14H,3,8-9,12H2,1-2H3,(H,21,23)/t14-/m1/s1. The molecule has 0 aliphatic carbocycles. The third-order valence-corrected chi connectivity index (χ3v) is 7.75. The predicted molar refractivity (Wildman–Crippen MR) is 111 cm³/mol. The molecular weight excluding hydrogens is 396 g/mol. The van der Waals surface area contributed by atoms with Crippen molar-refractivity contribution in [1.82, 2.24) is 0 Å². The van der Waals surface area contributed by atoms with Crippen molar-refractivity contribution in [3.63, 3.8) is 0 Å². The predicted octanol–water partition coefficient (Wildman–Crippen LogP) is 3.80. The van der Waals surface area contributed by atoms with Crippen LogP contribution in [0.1, 0.15) is 25.3 Å². The van der Waals surface area contributed by atoms with E-state index in [1.165, 1.54) is 4.31 Å². The normalized spacial score (nSPS) is 19.1. The Labute approximate surface area is 169 Å².